The van der Waals surface area contributed by atoms with E-state index < -0.39 is 17.7 Å². The number of rotatable bonds is 10. The summed E-state index contributed by atoms with van der Waals surface area (Å²) in [6, 6.07) is 12.2. The molecule has 11 heteroatoms. The van der Waals surface area contributed by atoms with Gasteiger partial charge in [0.05, 0.1) is 32.3 Å². The Morgan fingerprint density at radius 1 is 1.05 bits per heavy atom. The third kappa shape index (κ3) is 7.56. The number of hydrogen-bond acceptors (Lipinski definition) is 9. The molecule has 3 heterocycles. The molecule has 0 saturated heterocycles. The van der Waals surface area contributed by atoms with Gasteiger partial charge in [0.15, 0.2) is 17.0 Å². The van der Waals surface area contributed by atoms with Crippen LogP contribution < -0.4 is 9.80 Å². The topological polar surface area (TPSA) is 116 Å². The fourth-order valence-corrected chi connectivity index (χ4v) is 5.53. The first-order valence-corrected chi connectivity index (χ1v) is 15.3. The molecule has 0 unspecified atom stereocenters. The summed E-state index contributed by atoms with van der Waals surface area (Å²) in [7, 11) is 1.86. The number of furan rings is 1. The standard InChI is InChI=1S/C33H42N6O5/c1-6-42-27(40)21-38-22-34-28-29(37(5)20-26-13-10-18-43-26)35-31(36-30(28)38)39(32(41)44-33(2,3)4)19-23-14-16-25(17-15-23)24-11-8-7-9-12-24/h10,13-18,22,24H,6-9,11-12,19-21H2,1-5H3. The molecule has 0 bridgehead atoms. The zero-order valence-electron chi connectivity index (χ0n) is 26.3. The average Bonchev–Trinajstić information content (AvgIpc) is 3.65. The smallest absolute Gasteiger partial charge is 0.417 e. The Kier molecular flexibility index (Phi) is 9.51. The predicted octanol–water partition coefficient (Wildman–Crippen LogP) is 6.61. The number of nitrogens with zero attached hydrogens (tertiary/aromatic N) is 6. The van der Waals surface area contributed by atoms with Crippen molar-refractivity contribution in [2.24, 2.45) is 0 Å². The van der Waals surface area contributed by atoms with Gasteiger partial charge in [-0.05, 0) is 69.7 Å². The SMILES string of the molecule is CCOC(=O)Cn1cnc2c(N(C)Cc3ccco3)nc(N(Cc3ccc(C4CCCCC4)cc3)C(=O)OC(C)(C)C)nc21. The van der Waals surface area contributed by atoms with Crippen LogP contribution in [0.4, 0.5) is 16.6 Å². The van der Waals surface area contributed by atoms with Gasteiger partial charge in [-0.3, -0.25) is 4.79 Å². The van der Waals surface area contributed by atoms with E-state index in [1.807, 2.05) is 44.9 Å². The van der Waals surface area contributed by atoms with E-state index >= 15 is 0 Å². The van der Waals surface area contributed by atoms with Gasteiger partial charge in [0.25, 0.3) is 0 Å². The molecule has 1 fully saturated rings. The van der Waals surface area contributed by atoms with E-state index in [2.05, 4.69) is 29.2 Å². The van der Waals surface area contributed by atoms with E-state index in [1.54, 1.807) is 17.8 Å². The Morgan fingerprint density at radius 3 is 2.45 bits per heavy atom. The number of amides is 1. The van der Waals surface area contributed by atoms with Crippen LogP contribution in [0.5, 0.6) is 0 Å². The second-order valence-corrected chi connectivity index (χ2v) is 12.3. The molecular weight excluding hydrogens is 560 g/mol. The average molecular weight is 603 g/mol. The number of imidazole rings is 1. The third-order valence-corrected chi connectivity index (χ3v) is 7.63. The molecule has 234 valence electrons. The highest BCUT2D eigenvalue weighted by Gasteiger charge is 2.29. The first-order chi connectivity index (χ1) is 21.1. The Balaban J connectivity index is 1.55. The number of carbonyl (C=O) groups is 2. The van der Waals surface area contributed by atoms with E-state index in [1.165, 1.54) is 48.9 Å². The summed E-state index contributed by atoms with van der Waals surface area (Å²) in [5.41, 5.74) is 2.39. The quantitative estimate of drug-likeness (QED) is 0.185. The van der Waals surface area contributed by atoms with Gasteiger partial charge in [-0.15, -0.1) is 0 Å². The molecule has 1 aromatic carbocycles. The van der Waals surface area contributed by atoms with Crippen molar-refractivity contribution in [3.63, 3.8) is 0 Å². The van der Waals surface area contributed by atoms with E-state index in [9.17, 15) is 9.59 Å². The van der Waals surface area contributed by atoms with Crippen LogP contribution in [0.2, 0.25) is 0 Å². The van der Waals surface area contributed by atoms with Crippen LogP contribution in [0.3, 0.4) is 0 Å². The summed E-state index contributed by atoms with van der Waals surface area (Å²) in [5.74, 6) is 1.51. The van der Waals surface area contributed by atoms with Crippen molar-refractivity contribution >= 4 is 35.0 Å². The number of fused-ring (bicyclic) bond motifs is 1. The van der Waals surface area contributed by atoms with Crippen LogP contribution >= 0.6 is 0 Å². The molecule has 4 aromatic rings. The van der Waals surface area contributed by atoms with Gasteiger partial charge in [0.1, 0.15) is 17.9 Å². The minimum atomic E-state index is -0.741. The molecule has 1 aliphatic rings. The lowest BCUT2D eigenvalue weighted by atomic mass is 9.84. The van der Waals surface area contributed by atoms with Crippen molar-refractivity contribution in [2.45, 2.75) is 91.0 Å². The van der Waals surface area contributed by atoms with E-state index in [-0.39, 0.29) is 25.6 Å². The maximum Gasteiger partial charge on any atom is 0.417 e. The fraction of sp³-hybridized carbons (Fsp3) is 0.485. The second-order valence-electron chi connectivity index (χ2n) is 12.3. The van der Waals surface area contributed by atoms with Gasteiger partial charge in [-0.2, -0.15) is 9.97 Å². The van der Waals surface area contributed by atoms with Crippen LogP contribution in [0, 0.1) is 0 Å². The Bertz CT molecular complexity index is 1550. The monoisotopic (exact) mass is 602 g/mol. The summed E-state index contributed by atoms with van der Waals surface area (Å²) in [6.07, 6.45) is 8.83. The van der Waals surface area contributed by atoms with Gasteiger partial charge in [0.2, 0.25) is 5.95 Å². The first-order valence-electron chi connectivity index (χ1n) is 15.3. The molecular formula is C33H42N6O5. The van der Waals surface area contributed by atoms with Gasteiger partial charge < -0.3 is 23.4 Å². The van der Waals surface area contributed by atoms with Crippen molar-refractivity contribution in [3.8, 4) is 0 Å². The number of anilines is 2. The Labute approximate surface area is 258 Å². The minimum Gasteiger partial charge on any atom is -0.467 e. The fourth-order valence-electron chi connectivity index (χ4n) is 5.53. The third-order valence-electron chi connectivity index (χ3n) is 7.63. The highest BCUT2D eigenvalue weighted by molar-refractivity contribution is 5.90. The van der Waals surface area contributed by atoms with E-state index in [4.69, 9.17) is 23.9 Å². The molecule has 1 amide bonds. The largest absolute Gasteiger partial charge is 0.467 e. The van der Waals surface area contributed by atoms with E-state index in [0.29, 0.717) is 29.4 Å². The molecule has 0 N–H and O–H groups in total. The highest BCUT2D eigenvalue weighted by Crippen LogP contribution is 2.33. The number of esters is 1. The summed E-state index contributed by atoms with van der Waals surface area (Å²) in [4.78, 5) is 43.7. The number of benzene rings is 1. The normalized spacial score (nSPS) is 14.0. The van der Waals surface area contributed by atoms with Crippen molar-refractivity contribution in [3.05, 3.63) is 65.9 Å². The predicted molar refractivity (Wildman–Crippen MR) is 167 cm³/mol. The van der Waals surface area contributed by atoms with Crippen LogP contribution in [0.1, 0.15) is 82.6 Å². The zero-order chi connectivity index (χ0) is 31.3. The molecule has 0 atom stereocenters. The van der Waals surface area contributed by atoms with Crippen LogP contribution in [0.15, 0.2) is 53.4 Å². The molecule has 0 spiro atoms. The number of aromatic nitrogens is 4. The summed E-state index contributed by atoms with van der Waals surface area (Å²) < 4.78 is 18.2. The molecule has 3 aromatic heterocycles. The lowest BCUT2D eigenvalue weighted by molar-refractivity contribution is -0.143. The molecule has 0 aliphatic heterocycles. The van der Waals surface area contributed by atoms with Crippen molar-refractivity contribution in [1.29, 1.82) is 0 Å². The molecule has 5 rings (SSSR count). The number of carbonyl (C=O) groups excluding carboxylic acids is 2. The Morgan fingerprint density at radius 2 is 1.80 bits per heavy atom. The molecule has 11 nitrogen and oxygen atoms in total. The summed E-state index contributed by atoms with van der Waals surface area (Å²) in [6.45, 7) is 7.99. The minimum absolute atomic E-state index is 0.0861. The summed E-state index contributed by atoms with van der Waals surface area (Å²) >= 11 is 0. The molecule has 44 heavy (non-hydrogen) atoms. The maximum absolute atomic E-state index is 13.7. The molecule has 0 radical (unpaired) electrons. The zero-order valence-corrected chi connectivity index (χ0v) is 26.3. The van der Waals surface area contributed by atoms with Crippen molar-refractivity contribution < 1.29 is 23.5 Å². The lowest BCUT2D eigenvalue weighted by Crippen LogP contribution is -2.38. The lowest BCUT2D eigenvalue weighted by Gasteiger charge is -2.27. The highest BCUT2D eigenvalue weighted by atomic mass is 16.6. The van der Waals surface area contributed by atoms with Gasteiger partial charge >= 0.3 is 12.1 Å². The van der Waals surface area contributed by atoms with Gasteiger partial charge in [0, 0.05) is 7.05 Å². The number of hydrogen-bond donors (Lipinski definition) is 0. The van der Waals surface area contributed by atoms with Crippen LogP contribution in [-0.2, 0) is 33.9 Å². The van der Waals surface area contributed by atoms with Gasteiger partial charge in [-0.25, -0.2) is 14.7 Å². The molecule has 1 saturated carbocycles. The van der Waals surface area contributed by atoms with Gasteiger partial charge in [-0.1, -0.05) is 43.5 Å². The second kappa shape index (κ2) is 13.5. The maximum atomic E-state index is 13.7. The van der Waals surface area contributed by atoms with Crippen molar-refractivity contribution in [2.75, 3.05) is 23.5 Å². The summed E-state index contributed by atoms with van der Waals surface area (Å²) in [5, 5.41) is 0. The first kappa shape index (κ1) is 31.0. The van der Waals surface area contributed by atoms with E-state index in [0.717, 1.165) is 11.3 Å². The molecule has 1 aliphatic carbocycles. The Hall–Kier alpha value is -4.41. The van der Waals surface area contributed by atoms with Crippen molar-refractivity contribution in [1.82, 2.24) is 19.5 Å². The van der Waals surface area contributed by atoms with Crippen LogP contribution in [-0.4, -0.2) is 50.8 Å². The number of ether oxygens (including phenoxy) is 2. The van der Waals surface area contributed by atoms with Crippen LogP contribution in [0.25, 0.3) is 11.2 Å².